The van der Waals surface area contributed by atoms with Gasteiger partial charge in [0.15, 0.2) is 0 Å². The number of hydrogen-bond donors (Lipinski definition) is 3. The van der Waals surface area contributed by atoms with Crippen LogP contribution in [0.4, 0.5) is 24.5 Å². The topological polar surface area (TPSA) is 87.3 Å². The zero-order chi connectivity index (χ0) is 35.0. The van der Waals surface area contributed by atoms with Crippen LogP contribution in [-0.2, 0) is 15.8 Å². The van der Waals surface area contributed by atoms with E-state index in [9.17, 15) is 27.6 Å². The fourth-order valence-corrected chi connectivity index (χ4v) is 6.16. The zero-order valence-corrected chi connectivity index (χ0v) is 28.5. The summed E-state index contributed by atoms with van der Waals surface area (Å²) < 4.78 is 40.8. The van der Waals surface area contributed by atoms with Crippen molar-refractivity contribution >= 4 is 74.5 Å². The van der Waals surface area contributed by atoms with Crippen molar-refractivity contribution < 1.29 is 27.6 Å². The lowest BCUT2D eigenvalue weighted by molar-refractivity contribution is -0.137. The second-order valence-corrected chi connectivity index (χ2v) is 13.0. The predicted molar refractivity (Wildman–Crippen MR) is 191 cm³/mol. The Balaban J connectivity index is 1.34. The Hall–Kier alpha value is -4.84. The SMILES string of the molecule is O=C(Nc1ccc(SC(C(=O)Nc2cc(C(F)(F)F)ccc2Cl)c2ccccc2)cc1)/C(=C/c1cccc(Br)c1)NC(=O)c1ccccc1. The highest BCUT2D eigenvalue weighted by atomic mass is 79.9. The summed E-state index contributed by atoms with van der Waals surface area (Å²) in [6, 6.07) is 33.9. The minimum Gasteiger partial charge on any atom is -0.323 e. The highest BCUT2D eigenvalue weighted by Gasteiger charge is 2.32. The van der Waals surface area contributed by atoms with Crippen LogP contribution in [0.25, 0.3) is 6.08 Å². The zero-order valence-electron chi connectivity index (χ0n) is 25.3. The average molecular weight is 765 g/mol. The number of alkyl halides is 3. The second-order valence-electron chi connectivity index (χ2n) is 10.5. The number of anilines is 2. The lowest BCUT2D eigenvalue weighted by Crippen LogP contribution is -2.30. The molecule has 0 aliphatic heterocycles. The van der Waals surface area contributed by atoms with E-state index in [0.717, 1.165) is 34.4 Å². The Morgan fingerprint density at radius 2 is 1.45 bits per heavy atom. The molecule has 0 bridgehead atoms. The Morgan fingerprint density at radius 3 is 2.10 bits per heavy atom. The molecular weight excluding hydrogens is 739 g/mol. The third-order valence-electron chi connectivity index (χ3n) is 6.95. The number of amides is 3. The predicted octanol–water partition coefficient (Wildman–Crippen LogP) is 10.0. The number of halogens is 5. The van der Waals surface area contributed by atoms with E-state index in [2.05, 4.69) is 31.9 Å². The van der Waals surface area contributed by atoms with Crippen LogP contribution in [0.5, 0.6) is 0 Å². The number of nitrogens with one attached hydrogen (secondary N) is 3. The molecule has 248 valence electrons. The van der Waals surface area contributed by atoms with Crippen molar-refractivity contribution in [3.63, 3.8) is 0 Å². The summed E-state index contributed by atoms with van der Waals surface area (Å²) in [5.41, 5.74) is 0.997. The molecule has 0 saturated heterocycles. The molecule has 0 aliphatic carbocycles. The summed E-state index contributed by atoms with van der Waals surface area (Å²) in [6.07, 6.45) is -3.05. The quantitative estimate of drug-likeness (QED) is 0.0977. The average Bonchev–Trinajstić information content (AvgIpc) is 3.08. The summed E-state index contributed by atoms with van der Waals surface area (Å²) >= 11 is 10.7. The number of carbonyl (C=O) groups excluding carboxylic acids is 3. The number of carbonyl (C=O) groups is 3. The molecule has 12 heteroatoms. The van der Waals surface area contributed by atoms with E-state index in [4.69, 9.17) is 11.6 Å². The van der Waals surface area contributed by atoms with Crippen molar-refractivity contribution in [3.8, 4) is 0 Å². The number of thioether (sulfide) groups is 1. The van der Waals surface area contributed by atoms with Gasteiger partial charge in [-0.1, -0.05) is 88.2 Å². The fraction of sp³-hybridized carbons (Fsp3) is 0.0541. The van der Waals surface area contributed by atoms with Crippen molar-refractivity contribution in [2.24, 2.45) is 0 Å². The van der Waals surface area contributed by atoms with Gasteiger partial charge in [0.2, 0.25) is 5.91 Å². The van der Waals surface area contributed by atoms with Crippen LogP contribution in [0.2, 0.25) is 5.02 Å². The second kappa shape index (κ2) is 16.0. The lowest BCUT2D eigenvalue weighted by Gasteiger charge is -2.19. The molecule has 5 rings (SSSR count). The molecule has 0 fully saturated rings. The molecular formula is C37H26BrClF3N3O3S. The van der Waals surface area contributed by atoms with Gasteiger partial charge in [-0.25, -0.2) is 0 Å². The van der Waals surface area contributed by atoms with Gasteiger partial charge in [-0.3, -0.25) is 14.4 Å². The van der Waals surface area contributed by atoms with E-state index in [1.165, 1.54) is 0 Å². The Morgan fingerprint density at radius 1 is 0.776 bits per heavy atom. The smallest absolute Gasteiger partial charge is 0.323 e. The molecule has 3 amide bonds. The summed E-state index contributed by atoms with van der Waals surface area (Å²) in [7, 11) is 0. The first-order chi connectivity index (χ1) is 23.5. The molecule has 1 unspecified atom stereocenters. The maximum Gasteiger partial charge on any atom is 0.416 e. The summed E-state index contributed by atoms with van der Waals surface area (Å²) in [6.45, 7) is 0. The Labute approximate surface area is 297 Å². The molecule has 0 heterocycles. The molecule has 0 aromatic heterocycles. The van der Waals surface area contributed by atoms with Gasteiger partial charge in [-0.05, 0) is 83.9 Å². The fourth-order valence-electron chi connectivity index (χ4n) is 4.55. The van der Waals surface area contributed by atoms with E-state index in [0.29, 0.717) is 27.3 Å². The first-order valence-corrected chi connectivity index (χ1v) is 16.7. The Bertz CT molecular complexity index is 1990. The van der Waals surface area contributed by atoms with Gasteiger partial charge in [0, 0.05) is 20.6 Å². The molecule has 1 atom stereocenters. The highest BCUT2D eigenvalue weighted by molar-refractivity contribution is 9.10. The van der Waals surface area contributed by atoms with Gasteiger partial charge in [0.25, 0.3) is 11.8 Å². The van der Waals surface area contributed by atoms with E-state index in [-0.39, 0.29) is 16.4 Å². The van der Waals surface area contributed by atoms with E-state index >= 15 is 0 Å². The molecule has 3 N–H and O–H groups in total. The molecule has 0 spiro atoms. The maximum atomic E-state index is 13.5. The standard InChI is InChI=1S/C37H26BrClF3N3O3S/c38-27-13-7-8-23(20-27)21-32(45-34(46)25-11-5-2-6-12-25)35(47)43-28-15-17-29(18-16-28)49-33(24-9-3-1-4-10-24)36(48)44-31-22-26(37(40,41)42)14-19-30(31)39/h1-22,33H,(H,43,47)(H,44,48)(H,45,46)/b32-21-. The first kappa shape index (κ1) is 35.5. The normalized spacial score (nSPS) is 12.1. The maximum absolute atomic E-state index is 13.5. The van der Waals surface area contributed by atoms with Crippen molar-refractivity contribution in [2.45, 2.75) is 16.3 Å². The van der Waals surface area contributed by atoms with Crippen molar-refractivity contribution in [1.29, 1.82) is 0 Å². The monoisotopic (exact) mass is 763 g/mol. The number of rotatable bonds is 10. The van der Waals surface area contributed by atoms with E-state index < -0.39 is 34.7 Å². The van der Waals surface area contributed by atoms with Crippen LogP contribution in [0.15, 0.2) is 142 Å². The van der Waals surface area contributed by atoms with Crippen LogP contribution in [0.3, 0.4) is 0 Å². The molecule has 0 saturated carbocycles. The summed E-state index contributed by atoms with van der Waals surface area (Å²) in [5.74, 6) is -1.60. The van der Waals surface area contributed by atoms with Gasteiger partial charge in [-0.15, -0.1) is 11.8 Å². The van der Waals surface area contributed by atoms with Crippen molar-refractivity contribution in [3.05, 3.63) is 165 Å². The van der Waals surface area contributed by atoms with Gasteiger partial charge in [0.1, 0.15) is 10.9 Å². The lowest BCUT2D eigenvalue weighted by atomic mass is 10.1. The summed E-state index contributed by atoms with van der Waals surface area (Å²) in [5, 5.41) is 7.15. The highest BCUT2D eigenvalue weighted by Crippen LogP contribution is 2.39. The molecule has 0 radical (unpaired) electrons. The van der Waals surface area contributed by atoms with Crippen LogP contribution in [0, 0.1) is 0 Å². The summed E-state index contributed by atoms with van der Waals surface area (Å²) in [4.78, 5) is 40.5. The van der Waals surface area contributed by atoms with Crippen LogP contribution in [0.1, 0.15) is 32.3 Å². The Kier molecular flexibility index (Phi) is 11.6. The molecule has 0 aliphatic rings. The molecule has 5 aromatic rings. The van der Waals surface area contributed by atoms with Gasteiger partial charge >= 0.3 is 6.18 Å². The first-order valence-electron chi connectivity index (χ1n) is 14.6. The van der Waals surface area contributed by atoms with Gasteiger partial charge < -0.3 is 16.0 Å². The van der Waals surface area contributed by atoms with E-state index in [1.54, 1.807) is 109 Å². The third-order valence-corrected chi connectivity index (χ3v) is 9.04. The minimum absolute atomic E-state index is 0.0134. The van der Waals surface area contributed by atoms with Gasteiger partial charge in [-0.2, -0.15) is 13.2 Å². The van der Waals surface area contributed by atoms with Crippen LogP contribution >= 0.6 is 39.3 Å². The van der Waals surface area contributed by atoms with Gasteiger partial charge in [0.05, 0.1) is 16.3 Å². The number of benzene rings is 5. The molecule has 5 aromatic carbocycles. The number of hydrogen-bond acceptors (Lipinski definition) is 4. The molecule has 6 nitrogen and oxygen atoms in total. The minimum atomic E-state index is -4.61. The van der Waals surface area contributed by atoms with Crippen LogP contribution in [-0.4, -0.2) is 17.7 Å². The largest absolute Gasteiger partial charge is 0.416 e. The molecule has 49 heavy (non-hydrogen) atoms. The van der Waals surface area contributed by atoms with Crippen molar-refractivity contribution in [1.82, 2.24) is 5.32 Å². The van der Waals surface area contributed by atoms with Crippen LogP contribution < -0.4 is 16.0 Å². The third kappa shape index (κ3) is 9.85. The van der Waals surface area contributed by atoms with Crippen molar-refractivity contribution in [2.75, 3.05) is 10.6 Å². The van der Waals surface area contributed by atoms with E-state index in [1.807, 2.05) is 6.07 Å².